The number of likely N-dealkylation sites (tertiary alicyclic amines) is 1. The molecule has 25 heavy (non-hydrogen) atoms. The van der Waals surface area contributed by atoms with Gasteiger partial charge in [-0.15, -0.1) is 0 Å². The number of hydrogen-bond donors (Lipinski definition) is 1. The molecule has 0 unspecified atom stereocenters. The van der Waals surface area contributed by atoms with Crippen molar-refractivity contribution in [3.63, 3.8) is 0 Å². The number of amides is 1. The van der Waals surface area contributed by atoms with E-state index >= 15 is 0 Å². The second kappa shape index (κ2) is 6.02. The van der Waals surface area contributed by atoms with E-state index in [4.69, 9.17) is 4.42 Å². The van der Waals surface area contributed by atoms with Gasteiger partial charge in [0, 0.05) is 17.5 Å². The summed E-state index contributed by atoms with van der Waals surface area (Å²) in [5, 5.41) is 7.91. The molecule has 0 radical (unpaired) electrons. The Balaban J connectivity index is 1.77. The maximum Gasteiger partial charge on any atom is 0.290 e. The summed E-state index contributed by atoms with van der Waals surface area (Å²) in [6, 6.07) is 4.04. The summed E-state index contributed by atoms with van der Waals surface area (Å²) < 4.78 is 6.05. The van der Waals surface area contributed by atoms with Crippen molar-refractivity contribution in [2.24, 2.45) is 0 Å². The standard InChI is InChI=1S/C19H22N4O2/c1-11-7-8-12(2)16-15(11)13(3)17(25-16)19(24)23-9-5-4-6-14(23)18-20-10-21-22-18/h7-8,10,14H,4-6,9H2,1-3H3,(H,20,21,22)/t14-/m1/s1. The fourth-order valence-electron chi connectivity index (χ4n) is 3.84. The van der Waals surface area contributed by atoms with E-state index in [0.29, 0.717) is 12.3 Å². The average Bonchev–Trinajstić information content (AvgIpc) is 3.26. The Kier molecular flexibility index (Phi) is 3.82. The lowest BCUT2D eigenvalue weighted by Crippen LogP contribution is -2.39. The third kappa shape index (κ3) is 2.52. The van der Waals surface area contributed by atoms with E-state index < -0.39 is 0 Å². The van der Waals surface area contributed by atoms with Gasteiger partial charge >= 0.3 is 0 Å². The summed E-state index contributed by atoms with van der Waals surface area (Å²) >= 11 is 0. The third-order valence-corrected chi connectivity index (χ3v) is 5.19. The van der Waals surface area contributed by atoms with E-state index in [0.717, 1.165) is 52.7 Å². The van der Waals surface area contributed by atoms with Gasteiger partial charge in [0.2, 0.25) is 0 Å². The molecule has 6 heteroatoms. The monoisotopic (exact) mass is 338 g/mol. The Labute approximate surface area is 146 Å². The van der Waals surface area contributed by atoms with Crippen LogP contribution in [0.5, 0.6) is 0 Å². The molecule has 1 aliphatic heterocycles. The van der Waals surface area contributed by atoms with Crippen molar-refractivity contribution in [1.82, 2.24) is 20.1 Å². The second-order valence-corrected chi connectivity index (χ2v) is 6.84. The lowest BCUT2D eigenvalue weighted by molar-refractivity contribution is 0.0569. The first-order valence-electron chi connectivity index (χ1n) is 8.73. The summed E-state index contributed by atoms with van der Waals surface area (Å²) in [5.74, 6) is 1.13. The Morgan fingerprint density at radius 1 is 1.24 bits per heavy atom. The minimum Gasteiger partial charge on any atom is -0.450 e. The number of piperidine rings is 1. The number of fused-ring (bicyclic) bond motifs is 1. The van der Waals surface area contributed by atoms with Crippen LogP contribution in [-0.2, 0) is 0 Å². The van der Waals surface area contributed by atoms with Gasteiger partial charge in [0.1, 0.15) is 17.7 Å². The van der Waals surface area contributed by atoms with Crippen LogP contribution in [0.25, 0.3) is 11.0 Å². The number of nitrogens with one attached hydrogen (secondary N) is 1. The van der Waals surface area contributed by atoms with E-state index in [1.807, 2.05) is 24.8 Å². The molecule has 1 aliphatic rings. The van der Waals surface area contributed by atoms with Gasteiger partial charge in [-0.2, -0.15) is 5.10 Å². The fourth-order valence-corrected chi connectivity index (χ4v) is 3.84. The van der Waals surface area contributed by atoms with Crippen LogP contribution in [0, 0.1) is 20.8 Å². The second-order valence-electron chi connectivity index (χ2n) is 6.84. The van der Waals surface area contributed by atoms with Crippen molar-refractivity contribution < 1.29 is 9.21 Å². The van der Waals surface area contributed by atoms with Gasteiger partial charge in [0.05, 0.1) is 6.04 Å². The van der Waals surface area contributed by atoms with Gasteiger partial charge in [-0.3, -0.25) is 9.89 Å². The summed E-state index contributed by atoms with van der Waals surface area (Å²) in [6.45, 7) is 6.74. The summed E-state index contributed by atoms with van der Waals surface area (Å²) in [4.78, 5) is 19.4. The number of aromatic amines is 1. The van der Waals surface area contributed by atoms with Gasteiger partial charge in [-0.05, 0) is 51.2 Å². The number of H-pyrrole nitrogens is 1. The van der Waals surface area contributed by atoms with E-state index in [1.54, 1.807) is 0 Å². The molecule has 130 valence electrons. The zero-order valence-corrected chi connectivity index (χ0v) is 14.8. The zero-order valence-electron chi connectivity index (χ0n) is 14.8. The maximum absolute atomic E-state index is 13.3. The van der Waals surface area contributed by atoms with E-state index in [1.165, 1.54) is 6.33 Å². The number of nitrogens with zero attached hydrogens (tertiary/aromatic N) is 3. The number of aromatic nitrogens is 3. The molecule has 1 amide bonds. The van der Waals surface area contributed by atoms with Crippen molar-refractivity contribution in [3.05, 3.63) is 46.7 Å². The molecule has 3 aromatic rings. The normalized spacial score (nSPS) is 18.0. The highest BCUT2D eigenvalue weighted by Gasteiger charge is 2.33. The van der Waals surface area contributed by atoms with Crippen LogP contribution in [-0.4, -0.2) is 32.5 Å². The van der Waals surface area contributed by atoms with Crippen LogP contribution in [0.3, 0.4) is 0 Å². The molecule has 0 spiro atoms. The summed E-state index contributed by atoms with van der Waals surface area (Å²) in [6.07, 6.45) is 4.45. The van der Waals surface area contributed by atoms with Crippen molar-refractivity contribution in [2.75, 3.05) is 6.54 Å². The lowest BCUT2D eigenvalue weighted by Gasteiger charge is -2.33. The van der Waals surface area contributed by atoms with Crippen molar-refractivity contribution in [3.8, 4) is 0 Å². The largest absolute Gasteiger partial charge is 0.450 e. The molecular formula is C19H22N4O2. The predicted octanol–water partition coefficient (Wildman–Crippen LogP) is 3.84. The van der Waals surface area contributed by atoms with Crippen LogP contribution in [0.4, 0.5) is 0 Å². The first-order valence-corrected chi connectivity index (χ1v) is 8.73. The molecule has 0 bridgehead atoms. The van der Waals surface area contributed by atoms with Gasteiger partial charge in [-0.1, -0.05) is 12.1 Å². The summed E-state index contributed by atoms with van der Waals surface area (Å²) in [7, 11) is 0. The van der Waals surface area contributed by atoms with Gasteiger partial charge in [0.25, 0.3) is 5.91 Å². The van der Waals surface area contributed by atoms with Crippen LogP contribution in [0.1, 0.15) is 58.4 Å². The number of furan rings is 1. The molecule has 4 rings (SSSR count). The number of carbonyl (C=O) groups excluding carboxylic acids is 1. The molecular weight excluding hydrogens is 316 g/mol. The van der Waals surface area contributed by atoms with Crippen molar-refractivity contribution >= 4 is 16.9 Å². The van der Waals surface area contributed by atoms with E-state index in [2.05, 4.69) is 28.2 Å². The topological polar surface area (TPSA) is 75.0 Å². The van der Waals surface area contributed by atoms with Crippen LogP contribution in [0.15, 0.2) is 22.9 Å². The van der Waals surface area contributed by atoms with Crippen LogP contribution < -0.4 is 0 Å². The molecule has 1 atom stereocenters. The van der Waals surface area contributed by atoms with Crippen LogP contribution >= 0.6 is 0 Å². The zero-order chi connectivity index (χ0) is 17.6. The Hall–Kier alpha value is -2.63. The smallest absolute Gasteiger partial charge is 0.290 e. The highest BCUT2D eigenvalue weighted by molar-refractivity contribution is 6.00. The molecule has 1 N–H and O–H groups in total. The number of rotatable bonds is 2. The van der Waals surface area contributed by atoms with E-state index in [9.17, 15) is 4.79 Å². The predicted molar refractivity (Wildman–Crippen MR) is 94.4 cm³/mol. The highest BCUT2D eigenvalue weighted by Crippen LogP contribution is 2.35. The van der Waals surface area contributed by atoms with Gasteiger partial charge in [-0.25, -0.2) is 4.98 Å². The molecule has 2 aromatic heterocycles. The van der Waals surface area contributed by atoms with Crippen LogP contribution in [0.2, 0.25) is 0 Å². The highest BCUT2D eigenvalue weighted by atomic mass is 16.3. The first kappa shape index (κ1) is 15.9. The van der Waals surface area contributed by atoms with E-state index in [-0.39, 0.29) is 11.9 Å². The van der Waals surface area contributed by atoms with Crippen molar-refractivity contribution in [2.45, 2.75) is 46.1 Å². The fraction of sp³-hybridized carbons (Fsp3) is 0.421. The van der Waals surface area contributed by atoms with Crippen molar-refractivity contribution in [1.29, 1.82) is 0 Å². The molecule has 1 aromatic carbocycles. The number of benzene rings is 1. The number of hydrogen-bond acceptors (Lipinski definition) is 4. The first-order chi connectivity index (χ1) is 12.1. The molecule has 6 nitrogen and oxygen atoms in total. The molecule has 1 saturated heterocycles. The Morgan fingerprint density at radius 3 is 2.76 bits per heavy atom. The molecule has 3 heterocycles. The maximum atomic E-state index is 13.3. The minimum absolute atomic E-state index is 0.0615. The lowest BCUT2D eigenvalue weighted by atomic mass is 10.00. The molecule has 1 fully saturated rings. The Morgan fingerprint density at radius 2 is 2.04 bits per heavy atom. The Bertz CT molecular complexity index is 927. The number of aryl methyl sites for hydroxylation is 3. The molecule has 0 saturated carbocycles. The minimum atomic E-state index is -0.0708. The van der Waals surface area contributed by atoms with Gasteiger partial charge < -0.3 is 9.32 Å². The SMILES string of the molecule is Cc1ccc(C)c2c(C)c(C(=O)N3CCCC[C@@H]3c3ncn[nH]3)oc12. The quantitative estimate of drug-likeness (QED) is 0.770. The number of carbonyl (C=O) groups is 1. The molecule has 0 aliphatic carbocycles. The third-order valence-electron chi connectivity index (χ3n) is 5.19. The average molecular weight is 338 g/mol. The summed E-state index contributed by atoms with van der Waals surface area (Å²) in [5.41, 5.74) is 3.91. The van der Waals surface area contributed by atoms with Gasteiger partial charge in [0.15, 0.2) is 5.76 Å².